The van der Waals surface area contributed by atoms with Crippen LogP contribution >= 0.6 is 15.9 Å². The predicted octanol–water partition coefficient (Wildman–Crippen LogP) is 3.40. The maximum Gasteiger partial charge on any atom is 0.180 e. The van der Waals surface area contributed by atoms with Crippen LogP contribution in [0.15, 0.2) is 53.3 Å². The van der Waals surface area contributed by atoms with Gasteiger partial charge in [0.25, 0.3) is 0 Å². The molecule has 0 bridgehead atoms. The molecule has 5 heteroatoms. The average Bonchev–Trinajstić information content (AvgIpc) is 2.46. The summed E-state index contributed by atoms with van der Waals surface area (Å²) in [5.74, 6) is 0.802. The summed E-state index contributed by atoms with van der Waals surface area (Å²) in [5, 5.41) is 3.28. The van der Waals surface area contributed by atoms with Crippen molar-refractivity contribution >= 4 is 32.9 Å². The number of nitrogens with zero attached hydrogens (tertiary/aromatic N) is 3. The molecule has 0 aliphatic rings. The zero-order valence-corrected chi connectivity index (χ0v) is 11.6. The summed E-state index contributed by atoms with van der Waals surface area (Å²) in [4.78, 5) is 12.8. The van der Waals surface area contributed by atoms with Gasteiger partial charge in [0, 0.05) is 23.4 Å². The van der Waals surface area contributed by atoms with Gasteiger partial charge in [0.2, 0.25) is 0 Å². The van der Waals surface area contributed by atoms with Crippen molar-refractivity contribution in [1.82, 2.24) is 15.0 Å². The molecule has 0 aliphatic heterocycles. The van der Waals surface area contributed by atoms with E-state index in [4.69, 9.17) is 0 Å². The van der Waals surface area contributed by atoms with Crippen LogP contribution in [0.25, 0.3) is 11.2 Å². The number of halogens is 1. The van der Waals surface area contributed by atoms with Crippen LogP contribution in [0.4, 0.5) is 5.82 Å². The van der Waals surface area contributed by atoms with Crippen LogP contribution in [0.3, 0.4) is 0 Å². The number of hydrogen-bond acceptors (Lipinski definition) is 4. The van der Waals surface area contributed by atoms with Gasteiger partial charge in [-0.15, -0.1) is 0 Å². The van der Waals surface area contributed by atoms with E-state index in [0.717, 1.165) is 22.4 Å². The fourth-order valence-electron chi connectivity index (χ4n) is 1.75. The van der Waals surface area contributed by atoms with Gasteiger partial charge in [-0.25, -0.2) is 9.97 Å². The topological polar surface area (TPSA) is 50.7 Å². The van der Waals surface area contributed by atoms with Crippen molar-refractivity contribution in [2.75, 3.05) is 5.32 Å². The van der Waals surface area contributed by atoms with Crippen molar-refractivity contribution in [3.8, 4) is 0 Å². The smallest absolute Gasteiger partial charge is 0.180 e. The summed E-state index contributed by atoms with van der Waals surface area (Å²) in [7, 11) is 0. The molecule has 0 radical (unpaired) electrons. The molecule has 0 atom stereocenters. The van der Waals surface area contributed by atoms with E-state index < -0.39 is 0 Å². The largest absolute Gasteiger partial charge is 0.366 e. The van der Waals surface area contributed by atoms with E-state index in [9.17, 15) is 0 Å². The van der Waals surface area contributed by atoms with E-state index in [-0.39, 0.29) is 0 Å². The Labute approximate surface area is 119 Å². The maximum atomic E-state index is 4.41. The maximum absolute atomic E-state index is 4.41. The zero-order chi connectivity index (χ0) is 13.1. The fraction of sp³-hybridized carbons (Fsp3) is 0.0714. The summed E-state index contributed by atoms with van der Waals surface area (Å²) in [6.45, 7) is 0.728. The number of anilines is 1. The van der Waals surface area contributed by atoms with Crippen LogP contribution < -0.4 is 5.32 Å². The molecule has 1 aromatic carbocycles. The van der Waals surface area contributed by atoms with Gasteiger partial charge in [0.15, 0.2) is 5.65 Å². The minimum absolute atomic E-state index is 0.656. The second-order valence-electron chi connectivity index (χ2n) is 4.08. The van der Waals surface area contributed by atoms with Gasteiger partial charge >= 0.3 is 0 Å². The van der Waals surface area contributed by atoms with E-state index in [2.05, 4.69) is 48.3 Å². The first-order chi connectivity index (χ1) is 9.31. The molecule has 4 nitrogen and oxygen atoms in total. The van der Waals surface area contributed by atoms with Gasteiger partial charge in [-0.1, -0.05) is 28.1 Å². The Morgan fingerprint density at radius 1 is 0.947 bits per heavy atom. The van der Waals surface area contributed by atoms with Crippen LogP contribution in [0.1, 0.15) is 5.56 Å². The summed E-state index contributed by atoms with van der Waals surface area (Å²) >= 11 is 3.42. The van der Waals surface area contributed by atoms with Gasteiger partial charge in [0.05, 0.1) is 0 Å². The average molecular weight is 315 g/mol. The SMILES string of the molecule is Brc1ccc(CNc2ccc3nccnc3n2)cc1. The Morgan fingerprint density at radius 3 is 2.58 bits per heavy atom. The first kappa shape index (κ1) is 12.0. The van der Waals surface area contributed by atoms with E-state index in [1.165, 1.54) is 5.56 Å². The lowest BCUT2D eigenvalue weighted by atomic mass is 10.2. The minimum Gasteiger partial charge on any atom is -0.366 e. The van der Waals surface area contributed by atoms with Crippen LogP contribution in [0.2, 0.25) is 0 Å². The summed E-state index contributed by atoms with van der Waals surface area (Å²) in [6, 6.07) is 12.0. The molecule has 0 saturated heterocycles. The predicted molar refractivity (Wildman–Crippen MR) is 78.8 cm³/mol. The first-order valence-corrected chi connectivity index (χ1v) is 6.67. The molecule has 0 aliphatic carbocycles. The molecule has 94 valence electrons. The standard InChI is InChI=1S/C14H11BrN4/c15-11-3-1-10(2-4-11)9-18-13-6-5-12-14(19-13)17-8-7-16-12/h1-8H,9H2,(H,17,18,19). The first-order valence-electron chi connectivity index (χ1n) is 5.87. The Hall–Kier alpha value is -2.01. The molecule has 0 spiro atoms. The molecular formula is C14H11BrN4. The number of benzene rings is 1. The number of pyridine rings is 1. The lowest BCUT2D eigenvalue weighted by molar-refractivity contribution is 1.11. The Kier molecular flexibility index (Phi) is 3.37. The van der Waals surface area contributed by atoms with E-state index in [1.54, 1.807) is 12.4 Å². The van der Waals surface area contributed by atoms with Gasteiger partial charge in [-0.05, 0) is 29.8 Å². The Morgan fingerprint density at radius 2 is 1.74 bits per heavy atom. The third-order valence-corrected chi connectivity index (χ3v) is 3.25. The van der Waals surface area contributed by atoms with Gasteiger partial charge in [0.1, 0.15) is 11.3 Å². The lowest BCUT2D eigenvalue weighted by Crippen LogP contribution is -2.01. The highest BCUT2D eigenvalue weighted by atomic mass is 79.9. The highest BCUT2D eigenvalue weighted by Crippen LogP contribution is 2.13. The van der Waals surface area contributed by atoms with E-state index in [1.807, 2.05) is 24.3 Å². The third kappa shape index (κ3) is 2.88. The molecule has 2 heterocycles. The van der Waals surface area contributed by atoms with Gasteiger partial charge in [-0.2, -0.15) is 0 Å². The molecular weight excluding hydrogens is 304 g/mol. The summed E-state index contributed by atoms with van der Waals surface area (Å²) in [5.41, 5.74) is 2.66. The van der Waals surface area contributed by atoms with Crippen molar-refractivity contribution in [3.05, 3.63) is 58.8 Å². The van der Waals surface area contributed by atoms with Crippen LogP contribution in [0, 0.1) is 0 Å². The van der Waals surface area contributed by atoms with Crippen molar-refractivity contribution in [2.24, 2.45) is 0 Å². The lowest BCUT2D eigenvalue weighted by Gasteiger charge is -2.06. The highest BCUT2D eigenvalue weighted by Gasteiger charge is 1.99. The molecule has 2 aromatic heterocycles. The molecule has 1 N–H and O–H groups in total. The van der Waals surface area contributed by atoms with E-state index in [0.29, 0.717) is 5.65 Å². The number of fused-ring (bicyclic) bond motifs is 1. The van der Waals surface area contributed by atoms with Crippen molar-refractivity contribution in [2.45, 2.75) is 6.54 Å². The summed E-state index contributed by atoms with van der Waals surface area (Å²) in [6.07, 6.45) is 3.31. The molecule has 3 rings (SSSR count). The number of hydrogen-bond donors (Lipinski definition) is 1. The van der Waals surface area contributed by atoms with Crippen molar-refractivity contribution in [3.63, 3.8) is 0 Å². The van der Waals surface area contributed by atoms with Crippen LogP contribution in [0.5, 0.6) is 0 Å². The molecule has 0 saturated carbocycles. The third-order valence-electron chi connectivity index (χ3n) is 2.72. The summed E-state index contributed by atoms with van der Waals surface area (Å²) < 4.78 is 1.08. The molecule has 0 amide bonds. The number of nitrogens with one attached hydrogen (secondary N) is 1. The van der Waals surface area contributed by atoms with Crippen molar-refractivity contribution < 1.29 is 0 Å². The molecule has 19 heavy (non-hydrogen) atoms. The van der Waals surface area contributed by atoms with E-state index >= 15 is 0 Å². The number of aromatic nitrogens is 3. The number of rotatable bonds is 3. The minimum atomic E-state index is 0.656. The van der Waals surface area contributed by atoms with Crippen molar-refractivity contribution in [1.29, 1.82) is 0 Å². The Balaban J connectivity index is 1.76. The zero-order valence-electron chi connectivity index (χ0n) is 10.0. The molecule has 3 aromatic rings. The second kappa shape index (κ2) is 5.32. The second-order valence-corrected chi connectivity index (χ2v) is 4.99. The van der Waals surface area contributed by atoms with Gasteiger partial charge < -0.3 is 5.32 Å². The Bertz CT molecular complexity index is 697. The van der Waals surface area contributed by atoms with Crippen LogP contribution in [-0.2, 0) is 6.54 Å². The molecule has 0 fully saturated rings. The monoisotopic (exact) mass is 314 g/mol. The highest BCUT2D eigenvalue weighted by molar-refractivity contribution is 9.10. The molecule has 0 unspecified atom stereocenters. The quantitative estimate of drug-likeness (QED) is 0.805. The van der Waals surface area contributed by atoms with Gasteiger partial charge in [-0.3, -0.25) is 4.98 Å². The fourth-order valence-corrected chi connectivity index (χ4v) is 2.01. The van der Waals surface area contributed by atoms with Crippen LogP contribution in [-0.4, -0.2) is 15.0 Å². The normalized spacial score (nSPS) is 10.6.